The van der Waals surface area contributed by atoms with E-state index in [9.17, 15) is 4.79 Å². The Hall–Kier alpha value is -0.610. The Morgan fingerprint density at radius 1 is 0.905 bits per heavy atom. The molecule has 0 spiro atoms. The van der Waals surface area contributed by atoms with Gasteiger partial charge in [0.1, 0.15) is 0 Å². The highest BCUT2D eigenvalue weighted by Gasteiger charge is 2.43. The van der Waals surface area contributed by atoms with Crippen molar-refractivity contribution in [2.75, 3.05) is 0 Å². The summed E-state index contributed by atoms with van der Waals surface area (Å²) < 4.78 is 0. The molecule has 3 fully saturated rings. The molecule has 0 radical (unpaired) electrons. The third-order valence-corrected chi connectivity index (χ3v) is 4.99. The quantitative estimate of drug-likeness (QED) is 0.791. The summed E-state index contributed by atoms with van der Waals surface area (Å²) in [5, 5.41) is 0. The number of hydroxylamine groups is 1. The molecule has 4 nitrogen and oxygen atoms in total. The van der Waals surface area contributed by atoms with Crippen molar-refractivity contribution in [1.29, 1.82) is 0 Å². The zero-order valence-electron chi connectivity index (χ0n) is 13.7. The van der Waals surface area contributed by atoms with Crippen LogP contribution in [0.3, 0.4) is 0 Å². The number of carbonyl (C=O) groups is 1. The van der Waals surface area contributed by atoms with E-state index in [4.69, 9.17) is 4.84 Å². The van der Waals surface area contributed by atoms with Crippen molar-refractivity contribution in [3.63, 3.8) is 0 Å². The maximum absolute atomic E-state index is 11.8. The van der Waals surface area contributed by atoms with Crippen LogP contribution in [0.1, 0.15) is 72.1 Å². The van der Waals surface area contributed by atoms with Gasteiger partial charge in [-0.25, -0.2) is 4.79 Å². The number of hydrogen-bond acceptors (Lipinski definition) is 4. The standard InChI is InChI=1S/C17H30N2O2/c1-17(2,3)16(20)21-18-12-4-6-13(7-5-12)19(14-8-9-14)15-10-11-15/h12-15,18H,4-11H2,1-3H3. The van der Waals surface area contributed by atoms with Crippen LogP contribution in [0.25, 0.3) is 0 Å². The summed E-state index contributed by atoms with van der Waals surface area (Å²) in [4.78, 5) is 19.9. The molecule has 3 aliphatic carbocycles. The minimum atomic E-state index is -0.432. The number of carbonyl (C=O) groups excluding carboxylic acids is 1. The Morgan fingerprint density at radius 2 is 1.33 bits per heavy atom. The molecule has 21 heavy (non-hydrogen) atoms. The molecule has 120 valence electrons. The van der Waals surface area contributed by atoms with E-state index in [2.05, 4.69) is 10.4 Å². The molecule has 1 N–H and O–H groups in total. The first-order valence-electron chi connectivity index (χ1n) is 8.69. The Kier molecular flexibility index (Phi) is 4.28. The first kappa shape index (κ1) is 15.3. The highest BCUT2D eigenvalue weighted by molar-refractivity contribution is 5.75. The van der Waals surface area contributed by atoms with Crippen molar-refractivity contribution in [3.8, 4) is 0 Å². The minimum absolute atomic E-state index is 0.165. The molecule has 0 amide bonds. The second kappa shape index (κ2) is 5.88. The van der Waals surface area contributed by atoms with Gasteiger partial charge in [-0.05, 0) is 72.1 Å². The number of nitrogens with zero attached hydrogens (tertiary/aromatic N) is 1. The van der Waals surface area contributed by atoms with Crippen LogP contribution in [0.5, 0.6) is 0 Å². The lowest BCUT2D eigenvalue weighted by molar-refractivity contribution is -0.163. The van der Waals surface area contributed by atoms with Gasteiger partial charge >= 0.3 is 5.97 Å². The van der Waals surface area contributed by atoms with E-state index in [1.54, 1.807) is 0 Å². The van der Waals surface area contributed by atoms with E-state index in [1.807, 2.05) is 20.8 Å². The molecule has 0 aromatic heterocycles. The second-order valence-electron chi connectivity index (χ2n) is 8.17. The molecule has 0 aliphatic heterocycles. The smallest absolute Gasteiger partial charge is 0.329 e. The van der Waals surface area contributed by atoms with Crippen LogP contribution < -0.4 is 5.48 Å². The molecular formula is C17H30N2O2. The molecule has 3 rings (SSSR count). The molecule has 3 saturated carbocycles. The largest absolute Gasteiger partial charge is 0.370 e. The van der Waals surface area contributed by atoms with Crippen molar-refractivity contribution in [3.05, 3.63) is 0 Å². The number of rotatable bonds is 5. The molecule has 0 atom stereocenters. The fraction of sp³-hybridized carbons (Fsp3) is 0.941. The highest BCUT2D eigenvalue weighted by Crippen LogP contribution is 2.41. The van der Waals surface area contributed by atoms with Gasteiger partial charge < -0.3 is 4.84 Å². The van der Waals surface area contributed by atoms with E-state index in [1.165, 1.54) is 38.5 Å². The molecule has 0 unspecified atom stereocenters. The summed E-state index contributed by atoms with van der Waals surface area (Å²) >= 11 is 0. The van der Waals surface area contributed by atoms with Crippen molar-refractivity contribution in [2.45, 2.75) is 96.3 Å². The van der Waals surface area contributed by atoms with Crippen LogP contribution in [0, 0.1) is 5.41 Å². The van der Waals surface area contributed by atoms with Gasteiger partial charge in [0.2, 0.25) is 0 Å². The van der Waals surface area contributed by atoms with Crippen LogP contribution in [-0.2, 0) is 9.63 Å². The molecule has 3 aliphatic rings. The molecule has 0 saturated heterocycles. The van der Waals surface area contributed by atoms with Gasteiger partial charge in [-0.15, -0.1) is 0 Å². The van der Waals surface area contributed by atoms with Gasteiger partial charge in [0.05, 0.1) is 5.41 Å². The first-order valence-corrected chi connectivity index (χ1v) is 8.69. The minimum Gasteiger partial charge on any atom is -0.370 e. The van der Waals surface area contributed by atoms with E-state index in [0.29, 0.717) is 6.04 Å². The molecular weight excluding hydrogens is 264 g/mol. The third kappa shape index (κ3) is 3.98. The number of nitrogens with one attached hydrogen (secondary N) is 1. The Morgan fingerprint density at radius 3 is 1.71 bits per heavy atom. The monoisotopic (exact) mass is 294 g/mol. The Bertz CT molecular complexity index is 363. The van der Waals surface area contributed by atoms with Crippen LogP contribution >= 0.6 is 0 Å². The van der Waals surface area contributed by atoms with Crippen LogP contribution in [0.15, 0.2) is 0 Å². The fourth-order valence-electron chi connectivity index (χ4n) is 3.42. The lowest BCUT2D eigenvalue weighted by Gasteiger charge is -2.37. The number of hydrogen-bond donors (Lipinski definition) is 1. The van der Waals surface area contributed by atoms with Crippen molar-refractivity contribution in [2.24, 2.45) is 5.41 Å². The molecule has 0 aromatic carbocycles. The topological polar surface area (TPSA) is 41.6 Å². The Labute approximate surface area is 128 Å². The summed E-state index contributed by atoms with van der Waals surface area (Å²) in [6.45, 7) is 5.66. The zero-order chi connectivity index (χ0) is 15.0. The van der Waals surface area contributed by atoms with Crippen molar-refractivity contribution in [1.82, 2.24) is 10.4 Å². The van der Waals surface area contributed by atoms with Crippen molar-refractivity contribution < 1.29 is 9.63 Å². The first-order chi connectivity index (χ1) is 9.95. The van der Waals surface area contributed by atoms with Gasteiger partial charge in [-0.3, -0.25) is 4.90 Å². The van der Waals surface area contributed by atoms with Crippen molar-refractivity contribution >= 4 is 5.97 Å². The van der Waals surface area contributed by atoms with E-state index in [-0.39, 0.29) is 5.97 Å². The van der Waals surface area contributed by atoms with E-state index >= 15 is 0 Å². The summed E-state index contributed by atoms with van der Waals surface area (Å²) in [5.74, 6) is -0.165. The second-order valence-corrected chi connectivity index (χ2v) is 8.17. The maximum atomic E-state index is 11.8. The van der Waals surface area contributed by atoms with Gasteiger partial charge in [0.15, 0.2) is 0 Å². The lowest BCUT2D eigenvalue weighted by atomic mass is 9.90. The average molecular weight is 294 g/mol. The van der Waals surface area contributed by atoms with Gasteiger partial charge in [0.25, 0.3) is 0 Å². The summed E-state index contributed by atoms with van der Waals surface area (Å²) in [6.07, 6.45) is 10.4. The average Bonchev–Trinajstić information content (AvgIpc) is 3.31. The summed E-state index contributed by atoms with van der Waals surface area (Å²) in [5.41, 5.74) is 2.58. The maximum Gasteiger partial charge on any atom is 0.329 e. The molecule has 0 bridgehead atoms. The van der Waals surface area contributed by atoms with Gasteiger partial charge in [-0.1, -0.05) is 0 Å². The lowest BCUT2D eigenvalue weighted by Crippen LogP contribution is -2.45. The molecule has 0 heterocycles. The molecule has 0 aromatic rings. The third-order valence-electron chi connectivity index (χ3n) is 4.99. The summed E-state index contributed by atoms with van der Waals surface area (Å²) in [7, 11) is 0. The Balaban J connectivity index is 1.41. The molecule has 4 heteroatoms. The predicted octanol–water partition coefficient (Wildman–Crippen LogP) is 3.02. The van der Waals surface area contributed by atoms with Crippen LogP contribution in [0.2, 0.25) is 0 Å². The van der Waals surface area contributed by atoms with Gasteiger partial charge in [-0.2, -0.15) is 5.48 Å². The van der Waals surface area contributed by atoms with Gasteiger partial charge in [0, 0.05) is 24.2 Å². The predicted molar refractivity (Wildman–Crippen MR) is 82.6 cm³/mol. The zero-order valence-corrected chi connectivity index (χ0v) is 13.7. The van der Waals surface area contributed by atoms with E-state index in [0.717, 1.165) is 31.0 Å². The van der Waals surface area contributed by atoms with E-state index < -0.39 is 5.41 Å². The highest BCUT2D eigenvalue weighted by atomic mass is 16.7. The summed E-state index contributed by atoms with van der Waals surface area (Å²) in [6, 6.07) is 2.91. The van der Waals surface area contributed by atoms with Crippen LogP contribution in [0.4, 0.5) is 0 Å². The normalized spacial score (nSPS) is 30.5. The fourth-order valence-corrected chi connectivity index (χ4v) is 3.42. The van der Waals surface area contributed by atoms with Crippen LogP contribution in [-0.4, -0.2) is 35.0 Å². The SMILES string of the molecule is CC(C)(C)C(=O)ONC1CCC(N(C2CC2)C2CC2)CC1.